The van der Waals surface area contributed by atoms with Crippen LogP contribution in [-0.2, 0) is 4.74 Å². The van der Waals surface area contributed by atoms with E-state index in [9.17, 15) is 0 Å². The topological polar surface area (TPSA) is 21.3 Å². The molecule has 1 aromatic carbocycles. The lowest BCUT2D eigenvalue weighted by molar-refractivity contribution is 0.169. The molecular weight excluding hydrogens is 302 g/mol. The molecule has 1 aromatic rings. The van der Waals surface area contributed by atoms with Gasteiger partial charge in [-0.25, -0.2) is 0 Å². The molecule has 2 nitrogen and oxygen atoms in total. The number of hydrogen-bond donors (Lipinski definition) is 1. The first-order chi connectivity index (χ1) is 8.22. The molecule has 0 radical (unpaired) electrons. The number of likely N-dealkylation sites (N-methyl/N-ethyl adjacent to an activating group) is 1. The normalized spacial score (nSPS) is 17.2. The van der Waals surface area contributed by atoms with Gasteiger partial charge in [0.2, 0.25) is 0 Å². The van der Waals surface area contributed by atoms with Crippen LogP contribution in [0.1, 0.15) is 24.4 Å². The van der Waals surface area contributed by atoms with Crippen molar-refractivity contribution in [1.82, 2.24) is 5.32 Å². The van der Waals surface area contributed by atoms with Crippen LogP contribution in [0.25, 0.3) is 0 Å². The lowest BCUT2D eigenvalue weighted by Gasteiger charge is -2.24. The highest BCUT2D eigenvalue weighted by atomic mass is 79.9. The molecule has 0 spiro atoms. The zero-order valence-electron chi connectivity index (χ0n) is 9.67. The first kappa shape index (κ1) is 12.9. The maximum absolute atomic E-state index is 6.12. The number of nitrogens with one attached hydrogen (secondary N) is 1. The Labute approximate surface area is 115 Å². The smallest absolute Gasteiger partial charge is 0.113 e. The molecular formula is C13H15BrClNO. The number of allylic oxidation sites excluding steroid dienone is 1. The summed E-state index contributed by atoms with van der Waals surface area (Å²) in [5.41, 5.74) is 1.12. The van der Waals surface area contributed by atoms with Crippen LogP contribution in [0.5, 0.6) is 0 Å². The Morgan fingerprint density at radius 3 is 2.88 bits per heavy atom. The van der Waals surface area contributed by atoms with Gasteiger partial charge in [0.05, 0.1) is 17.7 Å². The number of halogens is 2. The molecule has 4 heteroatoms. The Morgan fingerprint density at radius 2 is 2.29 bits per heavy atom. The maximum Gasteiger partial charge on any atom is 0.113 e. The molecule has 1 N–H and O–H groups in total. The van der Waals surface area contributed by atoms with Crippen LogP contribution in [0.2, 0.25) is 5.02 Å². The first-order valence-corrected chi connectivity index (χ1v) is 6.84. The van der Waals surface area contributed by atoms with Crippen LogP contribution in [0, 0.1) is 0 Å². The van der Waals surface area contributed by atoms with Gasteiger partial charge in [-0.1, -0.05) is 17.7 Å². The predicted molar refractivity (Wildman–Crippen MR) is 74.2 cm³/mol. The fraction of sp³-hybridized carbons (Fsp3) is 0.385. The Bertz CT molecular complexity index is 433. The number of rotatable bonds is 3. The van der Waals surface area contributed by atoms with Gasteiger partial charge in [-0.2, -0.15) is 0 Å². The Morgan fingerprint density at radius 1 is 1.47 bits per heavy atom. The van der Waals surface area contributed by atoms with Crippen LogP contribution in [-0.4, -0.2) is 13.7 Å². The minimum Gasteiger partial charge on any atom is -0.496 e. The fourth-order valence-corrected chi connectivity index (χ4v) is 2.38. The van der Waals surface area contributed by atoms with Crippen molar-refractivity contribution in [2.45, 2.75) is 18.9 Å². The van der Waals surface area contributed by atoms with Crippen molar-refractivity contribution < 1.29 is 4.74 Å². The van der Waals surface area contributed by atoms with Gasteiger partial charge >= 0.3 is 0 Å². The van der Waals surface area contributed by atoms with Crippen molar-refractivity contribution in [3.63, 3.8) is 0 Å². The average Bonchev–Trinajstić information content (AvgIpc) is 2.36. The Kier molecular flexibility index (Phi) is 4.48. The van der Waals surface area contributed by atoms with Crippen molar-refractivity contribution in [3.05, 3.63) is 45.1 Å². The van der Waals surface area contributed by atoms with E-state index in [0.717, 1.165) is 40.3 Å². The SMILES string of the molecule is CNC(C1=CCCCO1)c1ccc(Br)c(Cl)c1. The van der Waals surface area contributed by atoms with Gasteiger partial charge in [-0.15, -0.1) is 0 Å². The molecule has 0 aliphatic carbocycles. The van der Waals surface area contributed by atoms with E-state index < -0.39 is 0 Å². The molecule has 17 heavy (non-hydrogen) atoms. The van der Waals surface area contributed by atoms with E-state index in [4.69, 9.17) is 16.3 Å². The van der Waals surface area contributed by atoms with Crippen LogP contribution in [0.3, 0.4) is 0 Å². The van der Waals surface area contributed by atoms with Crippen molar-refractivity contribution in [3.8, 4) is 0 Å². The molecule has 0 amide bonds. The van der Waals surface area contributed by atoms with E-state index >= 15 is 0 Å². The van der Waals surface area contributed by atoms with Crippen LogP contribution in [0.4, 0.5) is 0 Å². The lowest BCUT2D eigenvalue weighted by Crippen LogP contribution is -2.22. The second-order valence-electron chi connectivity index (χ2n) is 3.99. The summed E-state index contributed by atoms with van der Waals surface area (Å²) < 4.78 is 6.61. The van der Waals surface area contributed by atoms with Crippen LogP contribution in [0.15, 0.2) is 34.5 Å². The van der Waals surface area contributed by atoms with Gasteiger partial charge in [-0.05, 0) is 59.6 Å². The van der Waals surface area contributed by atoms with E-state index in [0.29, 0.717) is 0 Å². The zero-order valence-corrected chi connectivity index (χ0v) is 12.0. The van der Waals surface area contributed by atoms with Gasteiger partial charge in [0.25, 0.3) is 0 Å². The molecule has 2 rings (SSSR count). The minimum absolute atomic E-state index is 0.0842. The molecule has 0 saturated carbocycles. The molecule has 0 aromatic heterocycles. The molecule has 0 saturated heterocycles. The summed E-state index contributed by atoms with van der Waals surface area (Å²) in [6.45, 7) is 0.800. The molecule has 1 aliphatic rings. The van der Waals surface area contributed by atoms with Crippen molar-refractivity contribution >= 4 is 27.5 Å². The predicted octanol–water partition coefficient (Wildman–Crippen LogP) is 4.06. The number of ether oxygens (including phenoxy) is 1. The Hall–Kier alpha value is -0.510. The zero-order chi connectivity index (χ0) is 12.3. The molecule has 0 fully saturated rings. The van der Waals surface area contributed by atoms with Crippen LogP contribution >= 0.6 is 27.5 Å². The summed E-state index contributed by atoms with van der Waals surface area (Å²) in [5.74, 6) is 0.997. The molecule has 1 heterocycles. The molecule has 1 atom stereocenters. The lowest BCUT2D eigenvalue weighted by atomic mass is 10.0. The second kappa shape index (κ2) is 5.89. The van der Waals surface area contributed by atoms with E-state index in [1.807, 2.05) is 19.2 Å². The molecule has 0 bridgehead atoms. The van der Waals surface area contributed by atoms with Gasteiger partial charge in [0.1, 0.15) is 5.76 Å². The molecule has 92 valence electrons. The highest BCUT2D eigenvalue weighted by Crippen LogP contribution is 2.30. The second-order valence-corrected chi connectivity index (χ2v) is 5.25. The summed E-state index contributed by atoms with van der Waals surface area (Å²) in [4.78, 5) is 0. The molecule has 1 unspecified atom stereocenters. The van der Waals surface area contributed by atoms with Crippen LogP contribution < -0.4 is 5.32 Å². The average molecular weight is 317 g/mol. The van der Waals surface area contributed by atoms with Gasteiger partial charge in [-0.3, -0.25) is 0 Å². The fourth-order valence-electron chi connectivity index (χ4n) is 1.94. The highest BCUT2D eigenvalue weighted by molar-refractivity contribution is 9.10. The van der Waals surface area contributed by atoms with Crippen molar-refractivity contribution in [2.24, 2.45) is 0 Å². The Balaban J connectivity index is 2.28. The van der Waals surface area contributed by atoms with E-state index in [-0.39, 0.29) is 6.04 Å². The van der Waals surface area contributed by atoms with Gasteiger partial charge in [0.15, 0.2) is 0 Å². The van der Waals surface area contributed by atoms with Gasteiger partial charge < -0.3 is 10.1 Å². The molecule has 1 aliphatic heterocycles. The number of benzene rings is 1. The third-order valence-corrected chi connectivity index (χ3v) is 4.05. The first-order valence-electron chi connectivity index (χ1n) is 5.67. The third kappa shape index (κ3) is 3.03. The minimum atomic E-state index is 0.0842. The van der Waals surface area contributed by atoms with E-state index in [1.165, 1.54) is 0 Å². The summed E-state index contributed by atoms with van der Waals surface area (Å²) in [6.07, 6.45) is 4.33. The van der Waals surface area contributed by atoms with Crippen molar-refractivity contribution in [2.75, 3.05) is 13.7 Å². The maximum atomic E-state index is 6.12. The van der Waals surface area contributed by atoms with E-state index in [1.54, 1.807) is 0 Å². The van der Waals surface area contributed by atoms with Gasteiger partial charge in [0, 0.05) is 4.47 Å². The summed E-state index contributed by atoms with van der Waals surface area (Å²) in [6, 6.07) is 6.06. The summed E-state index contributed by atoms with van der Waals surface area (Å²) >= 11 is 9.52. The largest absolute Gasteiger partial charge is 0.496 e. The standard InChI is InChI=1S/C13H15BrClNO/c1-16-13(12-4-2-3-7-17-12)9-5-6-10(14)11(15)8-9/h4-6,8,13,16H,2-3,7H2,1H3. The number of hydrogen-bond acceptors (Lipinski definition) is 2. The summed E-state index contributed by atoms with van der Waals surface area (Å²) in [7, 11) is 1.93. The monoisotopic (exact) mass is 315 g/mol. The van der Waals surface area contributed by atoms with Crippen molar-refractivity contribution in [1.29, 1.82) is 0 Å². The third-order valence-electron chi connectivity index (χ3n) is 2.81. The summed E-state index contributed by atoms with van der Waals surface area (Å²) in [5, 5.41) is 3.99. The highest BCUT2D eigenvalue weighted by Gasteiger charge is 2.18. The quantitative estimate of drug-likeness (QED) is 0.908. The van der Waals surface area contributed by atoms with E-state index in [2.05, 4.69) is 33.4 Å².